The van der Waals surface area contributed by atoms with Crippen molar-refractivity contribution in [1.29, 1.82) is 0 Å². The van der Waals surface area contributed by atoms with Crippen molar-refractivity contribution in [2.75, 3.05) is 26.7 Å². The average Bonchev–Trinajstić information content (AvgIpc) is 3.24. The quantitative estimate of drug-likeness (QED) is 0.467. The Hall–Kier alpha value is -1.71. The molecule has 4 heteroatoms. The topological polar surface area (TPSA) is 45.7 Å². The van der Waals surface area contributed by atoms with E-state index >= 15 is 0 Å². The van der Waals surface area contributed by atoms with E-state index in [1.54, 1.807) is 7.05 Å². The van der Waals surface area contributed by atoms with Crippen LogP contribution >= 0.6 is 0 Å². The number of nitrogens with one attached hydrogen (secondary N) is 2. The molecule has 0 atom stereocenters. The Balaban J connectivity index is 1.63. The van der Waals surface area contributed by atoms with Crippen molar-refractivity contribution in [1.82, 2.24) is 10.6 Å². The van der Waals surface area contributed by atoms with Crippen molar-refractivity contribution >= 4 is 5.96 Å². The number of aryl methyl sites for hydroxylation is 1. The maximum Gasteiger partial charge on any atom is 0.191 e. The number of aliphatic imine (C=N–C) groups is 1. The van der Waals surface area contributed by atoms with Gasteiger partial charge in [0, 0.05) is 13.6 Å². The third-order valence-electron chi connectivity index (χ3n) is 3.22. The van der Waals surface area contributed by atoms with Crippen LogP contribution in [0.4, 0.5) is 0 Å². The molecule has 0 aromatic heterocycles. The van der Waals surface area contributed by atoms with Gasteiger partial charge in [-0.05, 0) is 37.3 Å². The monoisotopic (exact) mass is 261 g/mol. The largest absolute Gasteiger partial charge is 0.491 e. The zero-order valence-corrected chi connectivity index (χ0v) is 11.8. The summed E-state index contributed by atoms with van der Waals surface area (Å²) in [6.07, 6.45) is 2.70. The molecular formula is C15H23N3O. The van der Waals surface area contributed by atoms with E-state index in [2.05, 4.69) is 28.6 Å². The van der Waals surface area contributed by atoms with Crippen molar-refractivity contribution in [3.05, 3.63) is 29.8 Å². The molecule has 1 aromatic carbocycles. The summed E-state index contributed by atoms with van der Waals surface area (Å²) < 4.78 is 5.72. The summed E-state index contributed by atoms with van der Waals surface area (Å²) in [5.41, 5.74) is 1.17. The summed E-state index contributed by atoms with van der Waals surface area (Å²) in [7, 11) is 1.80. The number of ether oxygens (including phenoxy) is 1. The molecule has 1 saturated carbocycles. The van der Waals surface area contributed by atoms with E-state index in [1.807, 2.05) is 18.2 Å². The van der Waals surface area contributed by atoms with E-state index in [4.69, 9.17) is 4.74 Å². The van der Waals surface area contributed by atoms with Crippen LogP contribution < -0.4 is 15.4 Å². The lowest BCUT2D eigenvalue weighted by molar-refractivity contribution is 0.320. The lowest BCUT2D eigenvalue weighted by Gasteiger charge is -2.13. The van der Waals surface area contributed by atoms with Gasteiger partial charge in [0.05, 0.1) is 6.54 Å². The molecule has 1 aliphatic carbocycles. The number of hydrogen-bond acceptors (Lipinski definition) is 2. The van der Waals surface area contributed by atoms with Crippen LogP contribution in [0.2, 0.25) is 0 Å². The van der Waals surface area contributed by atoms with Crippen molar-refractivity contribution in [2.45, 2.75) is 19.8 Å². The van der Waals surface area contributed by atoms with Gasteiger partial charge in [-0.1, -0.05) is 18.2 Å². The number of rotatable bonds is 6. The molecule has 1 aliphatic rings. The molecule has 2 rings (SSSR count). The highest BCUT2D eigenvalue weighted by Crippen LogP contribution is 2.27. The third-order valence-corrected chi connectivity index (χ3v) is 3.22. The highest BCUT2D eigenvalue weighted by Gasteiger charge is 2.20. The van der Waals surface area contributed by atoms with Crippen LogP contribution in [0.1, 0.15) is 18.4 Å². The number of hydrogen-bond donors (Lipinski definition) is 2. The van der Waals surface area contributed by atoms with Crippen LogP contribution in [0, 0.1) is 12.8 Å². The Morgan fingerprint density at radius 2 is 2.11 bits per heavy atom. The van der Waals surface area contributed by atoms with Crippen LogP contribution in [-0.2, 0) is 0 Å². The molecule has 0 amide bonds. The predicted octanol–water partition coefficient (Wildman–Crippen LogP) is 1.95. The number of benzene rings is 1. The summed E-state index contributed by atoms with van der Waals surface area (Å²) in [6, 6.07) is 8.06. The molecule has 1 aromatic rings. The first-order valence-corrected chi connectivity index (χ1v) is 6.92. The summed E-state index contributed by atoms with van der Waals surface area (Å²) in [5.74, 6) is 2.66. The Morgan fingerprint density at radius 1 is 1.32 bits per heavy atom. The summed E-state index contributed by atoms with van der Waals surface area (Å²) in [6.45, 7) is 4.46. The molecule has 2 N–H and O–H groups in total. The van der Waals surface area contributed by atoms with Gasteiger partial charge in [0.1, 0.15) is 12.4 Å². The molecule has 4 nitrogen and oxygen atoms in total. The minimum absolute atomic E-state index is 0.634. The van der Waals surface area contributed by atoms with E-state index in [0.717, 1.165) is 30.7 Å². The van der Waals surface area contributed by atoms with E-state index in [1.165, 1.54) is 18.4 Å². The lowest BCUT2D eigenvalue weighted by atomic mass is 10.2. The van der Waals surface area contributed by atoms with Crippen molar-refractivity contribution < 1.29 is 4.74 Å². The molecule has 104 valence electrons. The Labute approximate surface area is 115 Å². The molecule has 19 heavy (non-hydrogen) atoms. The highest BCUT2D eigenvalue weighted by molar-refractivity contribution is 5.79. The van der Waals surface area contributed by atoms with Gasteiger partial charge in [0.15, 0.2) is 5.96 Å². The van der Waals surface area contributed by atoms with Gasteiger partial charge < -0.3 is 15.4 Å². The molecule has 1 fully saturated rings. The lowest BCUT2D eigenvalue weighted by Crippen LogP contribution is -2.40. The van der Waals surface area contributed by atoms with Crippen LogP contribution in [-0.4, -0.2) is 32.7 Å². The normalized spacial score (nSPS) is 15.2. The second kappa shape index (κ2) is 7.02. The van der Waals surface area contributed by atoms with Gasteiger partial charge >= 0.3 is 0 Å². The first-order chi connectivity index (χ1) is 9.29. The van der Waals surface area contributed by atoms with Gasteiger partial charge in [-0.15, -0.1) is 0 Å². The fourth-order valence-electron chi connectivity index (χ4n) is 1.83. The van der Waals surface area contributed by atoms with Gasteiger partial charge in [0.25, 0.3) is 0 Å². The number of guanidine groups is 1. The molecule has 0 aliphatic heterocycles. The molecule has 0 spiro atoms. The Bertz CT molecular complexity index is 427. The fourth-order valence-corrected chi connectivity index (χ4v) is 1.83. The van der Waals surface area contributed by atoms with Crippen LogP contribution in [0.3, 0.4) is 0 Å². The number of nitrogens with zero attached hydrogens (tertiary/aromatic N) is 1. The molecular weight excluding hydrogens is 238 g/mol. The summed E-state index contributed by atoms with van der Waals surface area (Å²) in [4.78, 5) is 4.19. The molecule has 0 radical (unpaired) electrons. The maximum atomic E-state index is 5.72. The Kier molecular flexibility index (Phi) is 5.07. The minimum Gasteiger partial charge on any atom is -0.491 e. The zero-order chi connectivity index (χ0) is 13.5. The minimum atomic E-state index is 0.634. The fraction of sp³-hybridized carbons (Fsp3) is 0.533. The van der Waals surface area contributed by atoms with Gasteiger partial charge in [-0.25, -0.2) is 0 Å². The standard InChI is InChI=1S/C15H23N3O/c1-12-5-3-4-6-14(12)19-10-9-17-15(16-2)18-11-13-7-8-13/h3-6,13H,7-11H2,1-2H3,(H2,16,17,18). The average molecular weight is 261 g/mol. The summed E-state index contributed by atoms with van der Waals surface area (Å²) >= 11 is 0. The zero-order valence-electron chi connectivity index (χ0n) is 11.8. The maximum absolute atomic E-state index is 5.72. The third kappa shape index (κ3) is 4.81. The first kappa shape index (κ1) is 13.7. The molecule has 0 saturated heterocycles. The van der Waals surface area contributed by atoms with Crippen LogP contribution in [0.5, 0.6) is 5.75 Å². The van der Waals surface area contributed by atoms with Crippen molar-refractivity contribution in [2.24, 2.45) is 10.9 Å². The van der Waals surface area contributed by atoms with Gasteiger partial charge in [0.2, 0.25) is 0 Å². The second-order valence-electron chi connectivity index (χ2n) is 4.94. The smallest absolute Gasteiger partial charge is 0.191 e. The van der Waals surface area contributed by atoms with Crippen LogP contribution in [0.25, 0.3) is 0 Å². The second-order valence-corrected chi connectivity index (χ2v) is 4.94. The first-order valence-electron chi connectivity index (χ1n) is 6.92. The van der Waals surface area contributed by atoms with Gasteiger partial charge in [-0.2, -0.15) is 0 Å². The predicted molar refractivity (Wildman–Crippen MR) is 78.8 cm³/mol. The SMILES string of the molecule is CN=C(NCCOc1ccccc1C)NCC1CC1. The summed E-state index contributed by atoms with van der Waals surface area (Å²) in [5, 5.41) is 6.58. The number of para-hydroxylation sites is 1. The van der Waals surface area contributed by atoms with Crippen molar-refractivity contribution in [3.63, 3.8) is 0 Å². The van der Waals surface area contributed by atoms with E-state index in [0.29, 0.717) is 6.61 Å². The van der Waals surface area contributed by atoms with Crippen molar-refractivity contribution in [3.8, 4) is 5.75 Å². The highest BCUT2D eigenvalue weighted by atomic mass is 16.5. The molecule has 0 unspecified atom stereocenters. The molecule has 0 heterocycles. The van der Waals surface area contributed by atoms with E-state index in [9.17, 15) is 0 Å². The Morgan fingerprint density at radius 3 is 2.79 bits per heavy atom. The van der Waals surface area contributed by atoms with Gasteiger partial charge in [-0.3, -0.25) is 4.99 Å². The van der Waals surface area contributed by atoms with Crippen LogP contribution in [0.15, 0.2) is 29.3 Å². The van der Waals surface area contributed by atoms with E-state index < -0.39 is 0 Å². The molecule has 0 bridgehead atoms. The van der Waals surface area contributed by atoms with E-state index in [-0.39, 0.29) is 0 Å².